The van der Waals surface area contributed by atoms with E-state index in [0.29, 0.717) is 12.3 Å². The van der Waals surface area contributed by atoms with Gasteiger partial charge in [-0.25, -0.2) is 4.79 Å². The first kappa shape index (κ1) is 16.0. The third-order valence-corrected chi connectivity index (χ3v) is 2.98. The summed E-state index contributed by atoms with van der Waals surface area (Å²) in [6, 6.07) is 5.55. The highest BCUT2D eigenvalue weighted by molar-refractivity contribution is 9.10. The molecule has 1 rings (SSSR count). The van der Waals surface area contributed by atoms with Gasteiger partial charge in [0.2, 0.25) is 0 Å². The monoisotopic (exact) mass is 329 g/mol. The predicted molar refractivity (Wildman–Crippen MR) is 78.5 cm³/mol. The van der Waals surface area contributed by atoms with Gasteiger partial charge in [-0.2, -0.15) is 0 Å². The van der Waals surface area contributed by atoms with Crippen molar-refractivity contribution in [2.75, 3.05) is 0 Å². The molecule has 106 valence electrons. The number of hydrogen-bond acceptors (Lipinski definition) is 3. The number of carbonyl (C=O) groups is 1. The van der Waals surface area contributed by atoms with Gasteiger partial charge in [0.1, 0.15) is 5.75 Å². The highest BCUT2D eigenvalue weighted by atomic mass is 79.9. The van der Waals surface area contributed by atoms with Crippen LogP contribution in [0.1, 0.15) is 33.3 Å². The van der Waals surface area contributed by atoms with E-state index in [-0.39, 0.29) is 5.54 Å². The molecule has 0 saturated heterocycles. The summed E-state index contributed by atoms with van der Waals surface area (Å²) in [6.45, 7) is 8.36. The number of carboxylic acid groups (broad SMARTS) is 1. The molecule has 1 atom stereocenters. The standard InChI is InChI=1S/C14H20BrNO3/c1-9(13(17)18)19-12-6-5-11(15)7-10(12)8-16-14(2,3)4/h5-7,9,16H,8H2,1-4H3,(H,17,18). The molecule has 0 spiro atoms. The van der Waals surface area contributed by atoms with Gasteiger partial charge in [0.25, 0.3) is 0 Å². The van der Waals surface area contributed by atoms with Crippen LogP contribution in [0.4, 0.5) is 0 Å². The molecule has 0 fully saturated rings. The van der Waals surface area contributed by atoms with E-state index in [2.05, 4.69) is 42.0 Å². The van der Waals surface area contributed by atoms with Gasteiger partial charge in [-0.15, -0.1) is 0 Å². The Morgan fingerprint density at radius 2 is 2.11 bits per heavy atom. The molecule has 0 amide bonds. The van der Waals surface area contributed by atoms with Crippen molar-refractivity contribution in [2.24, 2.45) is 0 Å². The Morgan fingerprint density at radius 1 is 1.47 bits per heavy atom. The highest BCUT2D eigenvalue weighted by Gasteiger charge is 2.16. The number of benzene rings is 1. The van der Waals surface area contributed by atoms with E-state index in [4.69, 9.17) is 9.84 Å². The predicted octanol–water partition coefficient (Wildman–Crippen LogP) is 3.19. The van der Waals surface area contributed by atoms with Gasteiger partial charge in [-0.05, 0) is 45.9 Å². The lowest BCUT2D eigenvalue weighted by Gasteiger charge is -2.22. The normalized spacial score (nSPS) is 13.1. The van der Waals surface area contributed by atoms with Crippen LogP contribution in [0.25, 0.3) is 0 Å². The molecule has 0 bridgehead atoms. The van der Waals surface area contributed by atoms with Crippen LogP contribution < -0.4 is 10.1 Å². The first-order chi connectivity index (χ1) is 8.69. The summed E-state index contributed by atoms with van der Waals surface area (Å²) in [4.78, 5) is 10.8. The van der Waals surface area contributed by atoms with Crippen LogP contribution in [-0.4, -0.2) is 22.7 Å². The lowest BCUT2D eigenvalue weighted by atomic mass is 10.1. The van der Waals surface area contributed by atoms with Crippen molar-refractivity contribution < 1.29 is 14.6 Å². The van der Waals surface area contributed by atoms with Crippen LogP contribution >= 0.6 is 15.9 Å². The zero-order valence-corrected chi connectivity index (χ0v) is 13.2. The van der Waals surface area contributed by atoms with E-state index in [1.807, 2.05) is 12.1 Å². The van der Waals surface area contributed by atoms with Gasteiger partial charge >= 0.3 is 5.97 Å². The van der Waals surface area contributed by atoms with Crippen molar-refractivity contribution in [1.82, 2.24) is 5.32 Å². The first-order valence-electron chi connectivity index (χ1n) is 6.12. The molecule has 1 aromatic rings. The second-order valence-electron chi connectivity index (χ2n) is 5.45. The summed E-state index contributed by atoms with van der Waals surface area (Å²) in [5.74, 6) is -0.382. The van der Waals surface area contributed by atoms with Crippen molar-refractivity contribution in [2.45, 2.75) is 45.9 Å². The average molecular weight is 330 g/mol. The van der Waals surface area contributed by atoms with Crippen molar-refractivity contribution in [1.29, 1.82) is 0 Å². The third-order valence-electron chi connectivity index (χ3n) is 2.48. The van der Waals surface area contributed by atoms with Gasteiger partial charge in [-0.1, -0.05) is 15.9 Å². The number of ether oxygens (including phenoxy) is 1. The summed E-state index contributed by atoms with van der Waals surface area (Å²) >= 11 is 3.41. The second-order valence-corrected chi connectivity index (χ2v) is 6.37. The summed E-state index contributed by atoms with van der Waals surface area (Å²) in [5.41, 5.74) is 0.912. The smallest absolute Gasteiger partial charge is 0.344 e. The summed E-state index contributed by atoms with van der Waals surface area (Å²) in [7, 11) is 0. The Hall–Kier alpha value is -1.07. The Bertz CT molecular complexity index is 454. The molecule has 0 aliphatic heterocycles. The van der Waals surface area contributed by atoms with Gasteiger partial charge in [0.15, 0.2) is 6.10 Å². The van der Waals surface area contributed by atoms with Gasteiger partial charge in [0.05, 0.1) is 0 Å². The average Bonchev–Trinajstić information content (AvgIpc) is 2.28. The molecule has 1 aromatic carbocycles. The summed E-state index contributed by atoms with van der Waals surface area (Å²) < 4.78 is 6.41. The van der Waals surface area contributed by atoms with Crippen LogP contribution in [0.2, 0.25) is 0 Å². The van der Waals surface area contributed by atoms with E-state index in [9.17, 15) is 4.79 Å². The number of carboxylic acids is 1. The van der Waals surface area contributed by atoms with Crippen LogP contribution in [0.5, 0.6) is 5.75 Å². The van der Waals surface area contributed by atoms with Crippen molar-refractivity contribution in [3.63, 3.8) is 0 Å². The van der Waals surface area contributed by atoms with Crippen molar-refractivity contribution in [3.05, 3.63) is 28.2 Å². The van der Waals surface area contributed by atoms with E-state index in [1.165, 1.54) is 6.92 Å². The van der Waals surface area contributed by atoms with Crippen molar-refractivity contribution in [3.8, 4) is 5.75 Å². The molecule has 0 aromatic heterocycles. The molecule has 0 radical (unpaired) electrons. The third kappa shape index (κ3) is 5.61. The minimum absolute atomic E-state index is 0.0159. The maximum atomic E-state index is 10.8. The lowest BCUT2D eigenvalue weighted by molar-refractivity contribution is -0.144. The molecule has 0 saturated carbocycles. The molecule has 4 nitrogen and oxygen atoms in total. The minimum Gasteiger partial charge on any atom is -0.479 e. The number of halogens is 1. The fourth-order valence-electron chi connectivity index (χ4n) is 1.40. The molecule has 0 aliphatic carbocycles. The van der Waals surface area contributed by atoms with Crippen LogP contribution in [0, 0.1) is 0 Å². The molecule has 19 heavy (non-hydrogen) atoms. The molecule has 1 unspecified atom stereocenters. The Morgan fingerprint density at radius 3 is 2.63 bits per heavy atom. The Balaban J connectivity index is 2.88. The van der Waals surface area contributed by atoms with Crippen LogP contribution in [0.3, 0.4) is 0 Å². The molecule has 0 aliphatic rings. The van der Waals surface area contributed by atoms with E-state index in [0.717, 1.165) is 10.0 Å². The highest BCUT2D eigenvalue weighted by Crippen LogP contribution is 2.24. The van der Waals surface area contributed by atoms with Gasteiger partial charge in [0, 0.05) is 22.1 Å². The molecular formula is C14H20BrNO3. The topological polar surface area (TPSA) is 58.6 Å². The van der Waals surface area contributed by atoms with Crippen LogP contribution in [-0.2, 0) is 11.3 Å². The Kier molecular flexibility index (Phi) is 5.38. The number of rotatable bonds is 5. The van der Waals surface area contributed by atoms with Gasteiger partial charge in [-0.3, -0.25) is 0 Å². The zero-order chi connectivity index (χ0) is 14.6. The molecular weight excluding hydrogens is 310 g/mol. The number of hydrogen-bond donors (Lipinski definition) is 2. The molecule has 0 heterocycles. The maximum absolute atomic E-state index is 10.8. The zero-order valence-electron chi connectivity index (χ0n) is 11.7. The van der Waals surface area contributed by atoms with Crippen LogP contribution in [0.15, 0.2) is 22.7 Å². The minimum atomic E-state index is -0.974. The number of nitrogens with one attached hydrogen (secondary N) is 1. The maximum Gasteiger partial charge on any atom is 0.344 e. The SMILES string of the molecule is CC(Oc1ccc(Br)cc1CNC(C)(C)C)C(=O)O. The summed E-state index contributed by atoms with van der Waals surface area (Å²) in [6.07, 6.45) is -0.866. The lowest BCUT2D eigenvalue weighted by Crippen LogP contribution is -2.35. The fraction of sp³-hybridized carbons (Fsp3) is 0.500. The summed E-state index contributed by atoms with van der Waals surface area (Å²) in [5, 5.41) is 12.3. The largest absolute Gasteiger partial charge is 0.479 e. The van der Waals surface area contributed by atoms with E-state index in [1.54, 1.807) is 6.07 Å². The van der Waals surface area contributed by atoms with Crippen molar-refractivity contribution >= 4 is 21.9 Å². The molecule has 5 heteroatoms. The Labute approximate surface area is 122 Å². The van der Waals surface area contributed by atoms with Gasteiger partial charge < -0.3 is 15.2 Å². The molecule has 2 N–H and O–H groups in total. The second kappa shape index (κ2) is 6.39. The number of aliphatic carboxylic acids is 1. The quantitative estimate of drug-likeness (QED) is 0.870. The fourth-order valence-corrected chi connectivity index (χ4v) is 1.81. The van der Waals surface area contributed by atoms with E-state index >= 15 is 0 Å². The first-order valence-corrected chi connectivity index (χ1v) is 6.91. The van der Waals surface area contributed by atoms with E-state index < -0.39 is 12.1 Å².